The number of ether oxygens (including phenoxy) is 1. The van der Waals surface area contributed by atoms with Crippen LogP contribution in [0.1, 0.15) is 59.8 Å². The molecule has 146 valence electrons. The van der Waals surface area contributed by atoms with E-state index < -0.39 is 17.9 Å². The van der Waals surface area contributed by atoms with Crippen molar-refractivity contribution >= 4 is 17.5 Å². The van der Waals surface area contributed by atoms with Gasteiger partial charge in [-0.05, 0) is 37.8 Å². The van der Waals surface area contributed by atoms with Gasteiger partial charge < -0.3 is 15.4 Å². The fourth-order valence-electron chi connectivity index (χ4n) is 2.87. The number of carbonyl (C=O) groups excluding carboxylic acids is 2. The first-order valence-corrected chi connectivity index (χ1v) is 9.26. The second-order valence-corrected chi connectivity index (χ2v) is 6.43. The topological polar surface area (TPSA) is 122 Å². The molecule has 1 fully saturated rings. The van der Waals surface area contributed by atoms with Crippen LogP contribution in [0.3, 0.4) is 0 Å². The molecule has 0 saturated carbocycles. The molecule has 2 atom stereocenters. The van der Waals surface area contributed by atoms with Gasteiger partial charge in [0.2, 0.25) is 0 Å². The summed E-state index contributed by atoms with van der Waals surface area (Å²) in [5.74, 6) is -0.981. The molecule has 2 aromatic heterocycles. The van der Waals surface area contributed by atoms with Gasteiger partial charge in [0.15, 0.2) is 5.69 Å². The Hall–Kier alpha value is -3.25. The average molecular weight is 382 g/mol. The normalized spacial score (nSPS) is 17.4. The van der Waals surface area contributed by atoms with E-state index in [-0.39, 0.29) is 23.3 Å². The third kappa shape index (κ3) is 4.53. The van der Waals surface area contributed by atoms with Crippen molar-refractivity contribution in [2.24, 2.45) is 0 Å². The Labute approximate surface area is 162 Å². The molecule has 2 amide bonds. The summed E-state index contributed by atoms with van der Waals surface area (Å²) >= 11 is 0. The van der Waals surface area contributed by atoms with Crippen LogP contribution in [-0.2, 0) is 4.74 Å². The number of amides is 2. The fraction of sp³-hybridized carbons (Fsp3) is 0.421. The minimum atomic E-state index is -0.636. The van der Waals surface area contributed by atoms with Gasteiger partial charge in [-0.15, -0.1) is 0 Å². The highest BCUT2D eigenvalue weighted by molar-refractivity contribution is 6.07. The summed E-state index contributed by atoms with van der Waals surface area (Å²) in [6.07, 6.45) is 6.01. The Morgan fingerprint density at radius 2 is 2.25 bits per heavy atom. The lowest BCUT2D eigenvalue weighted by molar-refractivity contribution is -0.0395. The molecule has 1 saturated heterocycles. The van der Waals surface area contributed by atoms with Gasteiger partial charge in [-0.2, -0.15) is 10.4 Å². The summed E-state index contributed by atoms with van der Waals surface area (Å²) in [6, 6.07) is 6.37. The van der Waals surface area contributed by atoms with E-state index in [4.69, 9.17) is 10.00 Å². The third-order valence-electron chi connectivity index (χ3n) is 4.41. The third-order valence-corrected chi connectivity index (χ3v) is 4.41. The van der Waals surface area contributed by atoms with E-state index in [9.17, 15) is 9.59 Å². The van der Waals surface area contributed by atoms with Crippen LogP contribution in [0.25, 0.3) is 0 Å². The quantitative estimate of drug-likeness (QED) is 0.790. The smallest absolute Gasteiger partial charge is 0.274 e. The Balaban J connectivity index is 1.87. The second-order valence-electron chi connectivity index (χ2n) is 6.43. The van der Waals surface area contributed by atoms with Crippen LogP contribution >= 0.6 is 0 Å². The molecule has 2 aromatic rings. The van der Waals surface area contributed by atoms with Gasteiger partial charge in [-0.1, -0.05) is 13.0 Å². The van der Waals surface area contributed by atoms with Crippen LogP contribution in [0.4, 0.5) is 5.69 Å². The number of nitrogens with one attached hydrogen (secondary N) is 2. The lowest BCUT2D eigenvalue weighted by atomic mass is 10.2. The van der Waals surface area contributed by atoms with Crippen molar-refractivity contribution in [2.75, 3.05) is 11.9 Å². The van der Waals surface area contributed by atoms with E-state index in [0.29, 0.717) is 13.0 Å². The number of nitrogens with zero attached hydrogens (tertiary/aromatic N) is 4. The van der Waals surface area contributed by atoms with Gasteiger partial charge >= 0.3 is 0 Å². The van der Waals surface area contributed by atoms with Gasteiger partial charge in [0.05, 0.1) is 18.0 Å². The number of nitriles is 1. The number of aromatic nitrogens is 3. The second kappa shape index (κ2) is 9.10. The van der Waals surface area contributed by atoms with Crippen LogP contribution in [0.5, 0.6) is 0 Å². The number of pyridine rings is 1. The summed E-state index contributed by atoms with van der Waals surface area (Å²) in [5, 5.41) is 18.8. The van der Waals surface area contributed by atoms with Crippen LogP contribution in [0.15, 0.2) is 30.6 Å². The minimum absolute atomic E-state index is 0.0344. The van der Waals surface area contributed by atoms with Crippen molar-refractivity contribution in [3.8, 4) is 6.07 Å². The van der Waals surface area contributed by atoms with Crippen molar-refractivity contribution < 1.29 is 14.3 Å². The number of hydrogen-bond donors (Lipinski definition) is 2. The number of rotatable bonds is 6. The standard InChI is InChI=1S/C19H22N6O3/c1-2-13(11-20)22-19(27)17-15(23-18(26)14-7-3-5-9-21-14)12-25(24-17)16-8-4-6-10-28-16/h3,5,7,9,12-13,16H,2,4,6,8,10H2,1H3,(H,22,27)(H,23,26). The van der Waals surface area contributed by atoms with Crippen LogP contribution in [0.2, 0.25) is 0 Å². The molecular formula is C19H22N6O3. The van der Waals surface area contributed by atoms with E-state index >= 15 is 0 Å². The maximum atomic E-state index is 12.7. The molecule has 0 bridgehead atoms. The van der Waals surface area contributed by atoms with Gasteiger partial charge in [-0.3, -0.25) is 14.6 Å². The van der Waals surface area contributed by atoms with E-state index in [1.165, 1.54) is 6.20 Å². The zero-order chi connectivity index (χ0) is 19.9. The van der Waals surface area contributed by atoms with E-state index in [1.807, 2.05) is 6.07 Å². The Morgan fingerprint density at radius 3 is 2.89 bits per heavy atom. The van der Waals surface area contributed by atoms with Crippen LogP contribution < -0.4 is 10.6 Å². The SMILES string of the molecule is CCC(C#N)NC(=O)c1nn(C2CCCCO2)cc1NC(=O)c1ccccn1. The fourth-order valence-corrected chi connectivity index (χ4v) is 2.87. The maximum absolute atomic E-state index is 12.7. The Morgan fingerprint density at radius 1 is 1.39 bits per heavy atom. The Kier molecular flexibility index (Phi) is 6.34. The molecule has 2 N–H and O–H groups in total. The van der Waals surface area contributed by atoms with Crippen molar-refractivity contribution in [3.05, 3.63) is 42.0 Å². The summed E-state index contributed by atoms with van der Waals surface area (Å²) < 4.78 is 7.27. The minimum Gasteiger partial charge on any atom is -0.357 e. The zero-order valence-electron chi connectivity index (χ0n) is 15.6. The van der Waals surface area contributed by atoms with Crippen molar-refractivity contribution in [2.45, 2.75) is 44.9 Å². The Bertz CT molecular complexity index is 868. The summed E-state index contributed by atoms with van der Waals surface area (Å²) in [6.45, 7) is 2.42. The number of carbonyl (C=O) groups is 2. The highest BCUT2D eigenvalue weighted by atomic mass is 16.5. The number of hydrogen-bond acceptors (Lipinski definition) is 6. The predicted molar refractivity (Wildman–Crippen MR) is 100 cm³/mol. The summed E-state index contributed by atoms with van der Waals surface area (Å²) in [4.78, 5) is 29.2. The van der Waals surface area contributed by atoms with Crippen LogP contribution in [-0.4, -0.2) is 39.2 Å². The van der Waals surface area contributed by atoms with Gasteiger partial charge in [-0.25, -0.2) is 4.68 Å². The van der Waals surface area contributed by atoms with Gasteiger partial charge in [0.25, 0.3) is 11.8 Å². The van der Waals surface area contributed by atoms with Crippen molar-refractivity contribution in [1.29, 1.82) is 5.26 Å². The molecule has 3 rings (SSSR count). The molecule has 0 aromatic carbocycles. The zero-order valence-corrected chi connectivity index (χ0v) is 15.6. The molecule has 3 heterocycles. The van der Waals surface area contributed by atoms with Gasteiger partial charge in [0.1, 0.15) is 18.0 Å². The average Bonchev–Trinajstić information content (AvgIpc) is 3.17. The molecule has 28 heavy (non-hydrogen) atoms. The molecule has 0 spiro atoms. The summed E-state index contributed by atoms with van der Waals surface area (Å²) in [5.41, 5.74) is 0.501. The van der Waals surface area contributed by atoms with Gasteiger partial charge in [0, 0.05) is 12.8 Å². The first kappa shape index (κ1) is 19.5. The molecule has 9 heteroatoms. The highest BCUT2D eigenvalue weighted by Crippen LogP contribution is 2.25. The maximum Gasteiger partial charge on any atom is 0.274 e. The van der Waals surface area contributed by atoms with E-state index in [2.05, 4.69) is 20.7 Å². The molecule has 0 aliphatic carbocycles. The molecule has 9 nitrogen and oxygen atoms in total. The monoisotopic (exact) mass is 382 g/mol. The van der Waals surface area contributed by atoms with E-state index in [0.717, 1.165) is 19.3 Å². The molecule has 1 aliphatic heterocycles. The van der Waals surface area contributed by atoms with Crippen molar-refractivity contribution in [1.82, 2.24) is 20.1 Å². The van der Waals surface area contributed by atoms with Crippen molar-refractivity contribution in [3.63, 3.8) is 0 Å². The number of anilines is 1. The first-order chi connectivity index (χ1) is 13.6. The van der Waals surface area contributed by atoms with Crippen LogP contribution in [0, 0.1) is 11.3 Å². The lowest BCUT2D eigenvalue weighted by Crippen LogP contribution is -2.34. The largest absolute Gasteiger partial charge is 0.357 e. The first-order valence-electron chi connectivity index (χ1n) is 9.26. The predicted octanol–water partition coefficient (Wildman–Crippen LogP) is 2.26. The highest BCUT2D eigenvalue weighted by Gasteiger charge is 2.25. The van der Waals surface area contributed by atoms with E-state index in [1.54, 1.807) is 36.0 Å². The molecule has 1 aliphatic rings. The molecule has 2 unspecified atom stereocenters. The molecule has 0 radical (unpaired) electrons. The lowest BCUT2D eigenvalue weighted by Gasteiger charge is -2.22. The molecular weight excluding hydrogens is 360 g/mol. The summed E-state index contributed by atoms with van der Waals surface area (Å²) in [7, 11) is 0.